The van der Waals surface area contributed by atoms with Gasteiger partial charge in [0.25, 0.3) is 0 Å². The molecule has 1 heteroatoms. The van der Waals surface area contributed by atoms with Gasteiger partial charge in [-0.05, 0) is 18.4 Å². The summed E-state index contributed by atoms with van der Waals surface area (Å²) in [5, 5.41) is 3.47. The lowest BCUT2D eigenvalue weighted by Crippen LogP contribution is -2.40. The van der Waals surface area contributed by atoms with Crippen molar-refractivity contribution in [1.29, 1.82) is 0 Å². The van der Waals surface area contributed by atoms with Crippen LogP contribution in [0.3, 0.4) is 0 Å². The quantitative estimate of drug-likeness (QED) is 0.506. The second-order valence-corrected chi connectivity index (χ2v) is 4.01. The first-order chi connectivity index (χ1) is 4.61. The Hall–Kier alpha value is -0.300. The van der Waals surface area contributed by atoms with E-state index < -0.39 is 0 Å². The Morgan fingerprint density at radius 1 is 1.40 bits per heavy atom. The fourth-order valence-corrected chi connectivity index (χ4v) is 1.22. The van der Waals surface area contributed by atoms with E-state index in [1.165, 1.54) is 6.42 Å². The molecule has 10 heavy (non-hydrogen) atoms. The van der Waals surface area contributed by atoms with E-state index in [0.717, 1.165) is 6.54 Å². The molecule has 1 aliphatic rings. The molecule has 0 spiro atoms. The van der Waals surface area contributed by atoms with E-state index in [0.29, 0.717) is 11.5 Å². The lowest BCUT2D eigenvalue weighted by Gasteiger charge is -2.31. The van der Waals surface area contributed by atoms with E-state index >= 15 is 0 Å². The topological polar surface area (TPSA) is 12.0 Å². The van der Waals surface area contributed by atoms with Gasteiger partial charge in [-0.1, -0.05) is 32.9 Å². The molecule has 1 atom stereocenters. The zero-order valence-electron chi connectivity index (χ0n) is 7.15. The van der Waals surface area contributed by atoms with Gasteiger partial charge >= 0.3 is 0 Å². The molecule has 0 bridgehead atoms. The molecular formula is C9H17N. The minimum Gasteiger partial charge on any atom is -0.310 e. The summed E-state index contributed by atoms with van der Waals surface area (Å²) in [4.78, 5) is 0. The minimum atomic E-state index is 0.372. The van der Waals surface area contributed by atoms with Gasteiger partial charge in [-0.25, -0.2) is 0 Å². The van der Waals surface area contributed by atoms with Crippen molar-refractivity contribution in [2.75, 3.05) is 6.54 Å². The molecule has 1 N–H and O–H groups in total. The molecule has 1 nitrogen and oxygen atoms in total. The van der Waals surface area contributed by atoms with Crippen molar-refractivity contribution in [3.05, 3.63) is 12.2 Å². The molecule has 0 amide bonds. The van der Waals surface area contributed by atoms with Gasteiger partial charge < -0.3 is 5.32 Å². The van der Waals surface area contributed by atoms with Crippen molar-refractivity contribution >= 4 is 0 Å². The van der Waals surface area contributed by atoms with Gasteiger partial charge in [-0.3, -0.25) is 0 Å². The fourth-order valence-electron chi connectivity index (χ4n) is 1.22. The predicted octanol–water partition coefficient (Wildman–Crippen LogP) is 1.95. The Balaban J connectivity index is 2.55. The fraction of sp³-hybridized carbons (Fsp3) is 0.778. The van der Waals surface area contributed by atoms with Crippen LogP contribution in [0.5, 0.6) is 0 Å². The maximum absolute atomic E-state index is 3.47. The highest BCUT2D eigenvalue weighted by molar-refractivity contribution is 5.02. The second-order valence-electron chi connectivity index (χ2n) is 4.01. The summed E-state index contributed by atoms with van der Waals surface area (Å²) in [6.45, 7) is 7.93. The van der Waals surface area contributed by atoms with Gasteiger partial charge in [0, 0.05) is 6.04 Å². The second kappa shape index (κ2) is 2.75. The van der Waals surface area contributed by atoms with E-state index in [1.807, 2.05) is 0 Å². The maximum Gasteiger partial charge on any atom is 0.0298 e. The third kappa shape index (κ3) is 1.84. The first kappa shape index (κ1) is 7.80. The van der Waals surface area contributed by atoms with Crippen LogP contribution >= 0.6 is 0 Å². The largest absolute Gasteiger partial charge is 0.310 e. The molecule has 1 unspecified atom stereocenters. The van der Waals surface area contributed by atoms with Crippen LogP contribution in [0.4, 0.5) is 0 Å². The van der Waals surface area contributed by atoms with Gasteiger partial charge in [-0.2, -0.15) is 0 Å². The van der Waals surface area contributed by atoms with Crippen molar-refractivity contribution in [2.24, 2.45) is 5.41 Å². The predicted molar refractivity (Wildman–Crippen MR) is 45.0 cm³/mol. The molecule has 0 aromatic heterocycles. The molecule has 0 fully saturated rings. The van der Waals surface area contributed by atoms with Crippen molar-refractivity contribution in [2.45, 2.75) is 33.2 Å². The van der Waals surface area contributed by atoms with Crippen LogP contribution in [0.1, 0.15) is 27.2 Å². The van der Waals surface area contributed by atoms with Gasteiger partial charge in [0.15, 0.2) is 0 Å². The normalized spacial score (nSPS) is 26.9. The monoisotopic (exact) mass is 139 g/mol. The number of rotatable bonds is 0. The van der Waals surface area contributed by atoms with Crippen molar-refractivity contribution in [3.63, 3.8) is 0 Å². The summed E-state index contributed by atoms with van der Waals surface area (Å²) in [5.41, 5.74) is 0.372. The average Bonchev–Trinajstić information content (AvgIpc) is 1.88. The molecule has 1 rings (SSSR count). The summed E-state index contributed by atoms with van der Waals surface area (Å²) in [7, 11) is 0. The van der Waals surface area contributed by atoms with E-state index in [1.54, 1.807) is 0 Å². The molecule has 0 aromatic rings. The van der Waals surface area contributed by atoms with Crippen molar-refractivity contribution < 1.29 is 0 Å². The molecule has 1 heterocycles. The zero-order valence-corrected chi connectivity index (χ0v) is 7.15. The lowest BCUT2D eigenvalue weighted by atomic mass is 9.85. The molecule has 58 valence electrons. The van der Waals surface area contributed by atoms with E-state index in [4.69, 9.17) is 0 Å². The Morgan fingerprint density at radius 2 is 2.10 bits per heavy atom. The highest BCUT2D eigenvalue weighted by atomic mass is 14.9. The summed E-state index contributed by atoms with van der Waals surface area (Å²) in [5.74, 6) is 0. The maximum atomic E-state index is 3.47. The Bertz CT molecular complexity index is 130. The Kier molecular flexibility index (Phi) is 2.14. The van der Waals surface area contributed by atoms with Crippen LogP contribution in [0, 0.1) is 5.41 Å². The Morgan fingerprint density at radius 3 is 2.40 bits per heavy atom. The molecule has 0 radical (unpaired) electrons. The zero-order chi connectivity index (χ0) is 7.61. The molecule has 0 saturated heterocycles. The van der Waals surface area contributed by atoms with Crippen LogP contribution in [0.2, 0.25) is 0 Å². The standard InChI is InChI=1S/C9H17N/c1-9(2,3)8-6-4-5-7-10-8/h4,6,8,10H,5,7H2,1-3H3. The van der Waals surface area contributed by atoms with E-state index in [2.05, 4.69) is 38.2 Å². The minimum absolute atomic E-state index is 0.372. The van der Waals surface area contributed by atoms with Crippen LogP contribution < -0.4 is 5.32 Å². The number of nitrogens with one attached hydrogen (secondary N) is 1. The van der Waals surface area contributed by atoms with Crippen LogP contribution in [-0.2, 0) is 0 Å². The number of hydrogen-bond donors (Lipinski definition) is 1. The molecule has 1 aliphatic heterocycles. The summed E-state index contributed by atoms with van der Waals surface area (Å²) in [6, 6.07) is 0.571. The third-order valence-corrected chi connectivity index (χ3v) is 1.94. The average molecular weight is 139 g/mol. The first-order valence-electron chi connectivity index (χ1n) is 4.01. The van der Waals surface area contributed by atoms with Gasteiger partial charge in [0.1, 0.15) is 0 Å². The summed E-state index contributed by atoms with van der Waals surface area (Å²) in [6.07, 6.45) is 5.74. The molecule has 0 aromatic carbocycles. The number of hydrogen-bond acceptors (Lipinski definition) is 1. The van der Waals surface area contributed by atoms with E-state index in [9.17, 15) is 0 Å². The van der Waals surface area contributed by atoms with Crippen LogP contribution in [-0.4, -0.2) is 12.6 Å². The lowest BCUT2D eigenvalue weighted by molar-refractivity contribution is 0.309. The molecule has 0 aliphatic carbocycles. The summed E-state index contributed by atoms with van der Waals surface area (Å²) >= 11 is 0. The van der Waals surface area contributed by atoms with Gasteiger partial charge in [-0.15, -0.1) is 0 Å². The molecular weight excluding hydrogens is 122 g/mol. The van der Waals surface area contributed by atoms with E-state index in [-0.39, 0.29) is 0 Å². The third-order valence-electron chi connectivity index (χ3n) is 1.94. The SMILES string of the molecule is CC(C)(C)C1C=CCCN1. The van der Waals surface area contributed by atoms with Crippen LogP contribution in [0.15, 0.2) is 12.2 Å². The molecule has 0 saturated carbocycles. The van der Waals surface area contributed by atoms with Crippen molar-refractivity contribution in [1.82, 2.24) is 5.32 Å². The summed E-state index contributed by atoms with van der Waals surface area (Å²) < 4.78 is 0. The van der Waals surface area contributed by atoms with Gasteiger partial charge in [0.05, 0.1) is 0 Å². The Labute approximate surface area is 63.5 Å². The highest BCUT2D eigenvalue weighted by Crippen LogP contribution is 2.21. The van der Waals surface area contributed by atoms with Crippen LogP contribution in [0.25, 0.3) is 0 Å². The van der Waals surface area contributed by atoms with Gasteiger partial charge in [0.2, 0.25) is 0 Å². The first-order valence-corrected chi connectivity index (χ1v) is 4.01. The van der Waals surface area contributed by atoms with Crippen molar-refractivity contribution in [3.8, 4) is 0 Å². The smallest absolute Gasteiger partial charge is 0.0298 e. The highest BCUT2D eigenvalue weighted by Gasteiger charge is 2.22.